The quantitative estimate of drug-likeness (QED) is 0.110. The first-order chi connectivity index (χ1) is 22.2. The van der Waals surface area contributed by atoms with Crippen LogP contribution in [0.2, 0.25) is 25.7 Å². The molecule has 0 radical (unpaired) electrons. The topological polar surface area (TPSA) is 93.5 Å². The molecule has 48 heavy (non-hydrogen) atoms. The molecule has 2 aromatic carbocycles. The third-order valence-electron chi connectivity index (χ3n) is 9.13. The summed E-state index contributed by atoms with van der Waals surface area (Å²) in [5.74, 6) is -0.294. The Morgan fingerprint density at radius 3 is 2.12 bits per heavy atom. The van der Waals surface area contributed by atoms with Crippen LogP contribution in [0.3, 0.4) is 0 Å². The van der Waals surface area contributed by atoms with E-state index in [1.165, 1.54) is 4.90 Å². The average Bonchev–Trinajstić information content (AvgIpc) is 3.70. The lowest BCUT2D eigenvalue weighted by molar-refractivity contribution is -0.215. The summed E-state index contributed by atoms with van der Waals surface area (Å²) in [5.41, 5.74) is 0.498. The average molecular weight is 705 g/mol. The van der Waals surface area contributed by atoms with Gasteiger partial charge in [0.25, 0.3) is 11.8 Å². The third-order valence-corrected chi connectivity index (χ3v) is 12.4. The number of ether oxygens (including phenoxy) is 1. The second-order valence-corrected chi connectivity index (χ2v) is 23.6. The number of aromatic nitrogens is 2. The van der Waals surface area contributed by atoms with Crippen molar-refractivity contribution in [2.24, 2.45) is 11.3 Å². The molecule has 1 aromatic heterocycles. The fraction of sp³-hybridized carbons (Fsp3) is 0.571. The highest BCUT2D eigenvalue weighted by molar-refractivity contribution is 7.84. The van der Waals surface area contributed by atoms with Gasteiger partial charge in [-0.05, 0) is 81.8 Å². The van der Waals surface area contributed by atoms with E-state index in [0.29, 0.717) is 28.8 Å². The van der Waals surface area contributed by atoms with E-state index in [2.05, 4.69) is 24.4 Å². The zero-order valence-electron chi connectivity index (χ0n) is 29.0. The molecule has 2 heterocycles. The number of imide groups is 1. The molecule has 262 valence electrons. The molecule has 0 spiro atoms. The van der Waals surface area contributed by atoms with Crippen molar-refractivity contribution in [2.75, 3.05) is 6.61 Å². The number of carbonyl (C=O) groups excluding carboxylic acids is 2. The van der Waals surface area contributed by atoms with Gasteiger partial charge in [0.1, 0.15) is 12.6 Å². The van der Waals surface area contributed by atoms with E-state index < -0.39 is 53.9 Å². The van der Waals surface area contributed by atoms with Crippen LogP contribution in [-0.4, -0.2) is 56.1 Å². The fourth-order valence-electron chi connectivity index (χ4n) is 5.91. The number of benzene rings is 2. The van der Waals surface area contributed by atoms with Gasteiger partial charge in [0.2, 0.25) is 0 Å². The summed E-state index contributed by atoms with van der Waals surface area (Å²) in [5, 5.41) is 0. The van der Waals surface area contributed by atoms with Crippen molar-refractivity contribution in [2.45, 2.75) is 109 Å². The van der Waals surface area contributed by atoms with Crippen LogP contribution in [0.1, 0.15) is 98.1 Å². The molecular formula is C35H47F3N4O4SSi. The predicted molar refractivity (Wildman–Crippen MR) is 184 cm³/mol. The molecule has 3 atom stereocenters. The Morgan fingerprint density at radius 1 is 1.00 bits per heavy atom. The molecule has 13 heteroatoms. The first-order valence-corrected chi connectivity index (χ1v) is 21.3. The Hall–Kier alpha value is -2.87. The molecule has 1 aliphatic carbocycles. The Labute approximate surface area is 284 Å². The van der Waals surface area contributed by atoms with Crippen LogP contribution in [0, 0.1) is 11.3 Å². The predicted octanol–water partition coefficient (Wildman–Crippen LogP) is 8.17. The van der Waals surface area contributed by atoms with E-state index >= 15 is 0 Å². The minimum Gasteiger partial charge on any atom is -0.361 e. The highest BCUT2D eigenvalue weighted by Gasteiger charge is 2.50. The van der Waals surface area contributed by atoms with Gasteiger partial charge in [0, 0.05) is 14.7 Å². The number of nitrogens with one attached hydrogen (secondary N) is 1. The van der Waals surface area contributed by atoms with Crippen LogP contribution in [0.15, 0.2) is 42.5 Å². The maximum absolute atomic E-state index is 14.3. The molecular weight excluding hydrogens is 658 g/mol. The SMILES string of the molecule is CC(C)(C)[S@@](=O)N[C@@H](CC(C)(C)C(F)(F)F)c1nc2cc([C@@H](C3CC3)N3C(=O)c4ccccc4C3=O)ccc2n1COCC[Si](C)(C)C. The van der Waals surface area contributed by atoms with Gasteiger partial charge in [-0.3, -0.25) is 14.5 Å². The van der Waals surface area contributed by atoms with Gasteiger partial charge < -0.3 is 9.30 Å². The van der Waals surface area contributed by atoms with Crippen molar-refractivity contribution >= 4 is 41.9 Å². The van der Waals surface area contributed by atoms with Gasteiger partial charge in [-0.2, -0.15) is 13.2 Å². The minimum absolute atomic E-state index is 0.0485. The molecule has 8 nitrogen and oxygen atoms in total. The van der Waals surface area contributed by atoms with Crippen molar-refractivity contribution < 1.29 is 31.7 Å². The number of halogens is 3. The minimum atomic E-state index is -4.52. The number of carbonyl (C=O) groups is 2. The molecule has 1 fully saturated rings. The number of amides is 2. The highest BCUT2D eigenvalue weighted by atomic mass is 32.2. The molecule has 3 aromatic rings. The van der Waals surface area contributed by atoms with Crippen LogP contribution >= 0.6 is 0 Å². The second kappa shape index (κ2) is 13.1. The zero-order chi connectivity index (χ0) is 35.4. The largest absolute Gasteiger partial charge is 0.394 e. The molecule has 0 unspecified atom stereocenters. The van der Waals surface area contributed by atoms with Crippen molar-refractivity contribution in [3.63, 3.8) is 0 Å². The van der Waals surface area contributed by atoms with Crippen LogP contribution in [-0.2, 0) is 22.5 Å². The van der Waals surface area contributed by atoms with E-state index in [1.54, 1.807) is 49.6 Å². The van der Waals surface area contributed by atoms with E-state index in [1.807, 2.05) is 18.2 Å². The number of hydrogen-bond acceptors (Lipinski definition) is 5. The van der Waals surface area contributed by atoms with E-state index in [4.69, 9.17) is 9.72 Å². The maximum atomic E-state index is 14.3. The third kappa shape index (κ3) is 7.63. The summed E-state index contributed by atoms with van der Waals surface area (Å²) >= 11 is 0. The van der Waals surface area contributed by atoms with Crippen molar-refractivity contribution in [1.82, 2.24) is 19.2 Å². The lowest BCUT2D eigenvalue weighted by Gasteiger charge is -2.33. The van der Waals surface area contributed by atoms with Crippen molar-refractivity contribution in [3.8, 4) is 0 Å². The fourth-order valence-corrected chi connectivity index (χ4v) is 7.46. The Morgan fingerprint density at radius 2 is 1.60 bits per heavy atom. The van der Waals surface area contributed by atoms with Crippen LogP contribution in [0.25, 0.3) is 11.0 Å². The molecule has 2 amide bonds. The summed E-state index contributed by atoms with van der Waals surface area (Å²) in [6.07, 6.45) is -3.21. The van der Waals surface area contributed by atoms with Crippen LogP contribution in [0.4, 0.5) is 13.2 Å². The van der Waals surface area contributed by atoms with Gasteiger partial charge in [-0.15, -0.1) is 0 Å². The molecule has 2 aliphatic rings. The number of alkyl halides is 3. The number of rotatable bonds is 13. The molecule has 0 saturated heterocycles. The summed E-state index contributed by atoms with van der Waals surface area (Å²) in [4.78, 5) is 33.3. The Balaban J connectivity index is 1.59. The van der Waals surface area contributed by atoms with Gasteiger partial charge >= 0.3 is 6.18 Å². The van der Waals surface area contributed by atoms with Crippen LogP contribution < -0.4 is 4.72 Å². The van der Waals surface area contributed by atoms with Gasteiger partial charge in [0.15, 0.2) is 0 Å². The molecule has 1 N–H and O–H groups in total. The van der Waals surface area contributed by atoms with E-state index in [-0.39, 0.29) is 30.3 Å². The number of nitrogens with zero attached hydrogens (tertiary/aromatic N) is 3. The smallest absolute Gasteiger partial charge is 0.361 e. The molecule has 1 aliphatic heterocycles. The van der Waals surface area contributed by atoms with Crippen molar-refractivity contribution in [3.05, 3.63) is 65.0 Å². The van der Waals surface area contributed by atoms with E-state index in [9.17, 15) is 27.0 Å². The highest BCUT2D eigenvalue weighted by Crippen LogP contribution is 2.48. The summed E-state index contributed by atoms with van der Waals surface area (Å²) < 4.78 is 66.3. The van der Waals surface area contributed by atoms with Crippen LogP contribution in [0.5, 0.6) is 0 Å². The normalized spacial score (nSPS) is 18.0. The lowest BCUT2D eigenvalue weighted by atomic mass is 9.85. The first-order valence-electron chi connectivity index (χ1n) is 16.5. The summed E-state index contributed by atoms with van der Waals surface area (Å²) in [7, 11) is -3.13. The van der Waals surface area contributed by atoms with Gasteiger partial charge in [0.05, 0.1) is 55.4 Å². The number of imidazole rings is 1. The number of hydrogen-bond donors (Lipinski definition) is 1. The Bertz CT molecular complexity index is 1690. The standard InChI is InChI=1S/C35H47F3N4O4SSi/c1-33(2,3)47(45)40-27(20-34(4,5)35(36,37)38)30-39-26-19-23(15-16-28(26)41(30)21-46-17-18-48(6,7)8)29(22-13-14-22)42-31(43)24-11-9-10-12-25(24)32(42)44/h9-12,15-16,19,22,27,29,40H,13-14,17-18,20-21H2,1-8H3/t27-,29+,47+/m0/s1. The molecule has 0 bridgehead atoms. The molecule has 1 saturated carbocycles. The Kier molecular flexibility index (Phi) is 9.94. The number of fused-ring (bicyclic) bond motifs is 2. The summed E-state index contributed by atoms with van der Waals surface area (Å²) in [6, 6.07) is 11.7. The van der Waals surface area contributed by atoms with Gasteiger partial charge in [-0.1, -0.05) is 51.7 Å². The van der Waals surface area contributed by atoms with Gasteiger partial charge in [-0.25, -0.2) is 13.9 Å². The van der Waals surface area contributed by atoms with Crippen molar-refractivity contribution in [1.29, 1.82) is 0 Å². The zero-order valence-corrected chi connectivity index (χ0v) is 30.8. The van der Waals surface area contributed by atoms with E-state index in [0.717, 1.165) is 38.3 Å². The first kappa shape index (κ1) is 36.4. The maximum Gasteiger partial charge on any atom is 0.394 e. The monoisotopic (exact) mass is 704 g/mol. The summed E-state index contributed by atoms with van der Waals surface area (Å²) in [6.45, 7) is 14.8. The second-order valence-electron chi connectivity index (χ2n) is 15.9. The lowest BCUT2D eigenvalue weighted by Crippen LogP contribution is -2.41. The molecule has 5 rings (SSSR count).